The minimum absolute atomic E-state index is 0.127. The van der Waals surface area contributed by atoms with Crippen molar-refractivity contribution in [2.75, 3.05) is 19.0 Å². The van der Waals surface area contributed by atoms with Gasteiger partial charge in [-0.1, -0.05) is 28.6 Å². The highest BCUT2D eigenvalue weighted by Gasteiger charge is 2.36. The van der Waals surface area contributed by atoms with Gasteiger partial charge in [-0.25, -0.2) is 9.48 Å². The maximum absolute atomic E-state index is 12.7. The molecule has 1 aliphatic rings. The third kappa shape index (κ3) is 3.17. The summed E-state index contributed by atoms with van der Waals surface area (Å²) in [5.74, 6) is 0.737. The van der Waals surface area contributed by atoms with Gasteiger partial charge in [-0.15, -0.1) is 0 Å². The zero-order valence-electron chi connectivity index (χ0n) is 13.8. The van der Waals surface area contributed by atoms with Gasteiger partial charge in [0.15, 0.2) is 0 Å². The highest BCUT2D eigenvalue weighted by Crippen LogP contribution is 2.40. The van der Waals surface area contributed by atoms with Gasteiger partial charge >= 0.3 is 5.97 Å². The number of rotatable bonds is 5. The van der Waals surface area contributed by atoms with Crippen LogP contribution in [0.15, 0.2) is 52.9 Å². The summed E-state index contributed by atoms with van der Waals surface area (Å²) in [5, 5.41) is 7.37. The number of fused-ring (bicyclic) bond motifs is 1. The molecular formula is C17H17BrN4O3. The second-order valence-electron chi connectivity index (χ2n) is 5.37. The van der Waals surface area contributed by atoms with Gasteiger partial charge in [-0.05, 0) is 25.1 Å². The van der Waals surface area contributed by atoms with E-state index in [0.29, 0.717) is 23.0 Å². The van der Waals surface area contributed by atoms with Crippen molar-refractivity contribution >= 4 is 27.8 Å². The fourth-order valence-corrected chi connectivity index (χ4v) is 3.15. The van der Waals surface area contributed by atoms with E-state index in [9.17, 15) is 4.79 Å². The lowest BCUT2D eigenvalue weighted by Gasteiger charge is -2.29. The molecule has 0 radical (unpaired) electrons. The normalized spacial score (nSPS) is 16.0. The fourth-order valence-electron chi connectivity index (χ4n) is 2.77. The molecule has 0 fully saturated rings. The van der Waals surface area contributed by atoms with Gasteiger partial charge in [0.2, 0.25) is 5.95 Å². The van der Waals surface area contributed by atoms with Crippen LogP contribution >= 0.6 is 15.9 Å². The van der Waals surface area contributed by atoms with Crippen LogP contribution in [-0.2, 0) is 9.53 Å². The summed E-state index contributed by atoms with van der Waals surface area (Å²) >= 11 is 3.47. The molecule has 2 heterocycles. The Labute approximate surface area is 153 Å². The number of aromatic nitrogens is 3. The molecule has 1 aromatic carbocycles. The number of methoxy groups -OCH3 is 1. The van der Waals surface area contributed by atoms with Gasteiger partial charge in [0.1, 0.15) is 24.7 Å². The number of ether oxygens (including phenoxy) is 2. The molecule has 0 unspecified atom stereocenters. The lowest BCUT2D eigenvalue weighted by atomic mass is 9.95. The molecule has 2 aromatic rings. The van der Waals surface area contributed by atoms with Crippen LogP contribution in [-0.4, -0.2) is 34.5 Å². The molecule has 1 aromatic heterocycles. The van der Waals surface area contributed by atoms with Crippen LogP contribution in [0.5, 0.6) is 5.75 Å². The Morgan fingerprint density at radius 2 is 2.32 bits per heavy atom. The summed E-state index contributed by atoms with van der Waals surface area (Å²) in [6.07, 6.45) is 2.96. The van der Waals surface area contributed by atoms with E-state index in [-0.39, 0.29) is 6.61 Å². The van der Waals surface area contributed by atoms with E-state index < -0.39 is 12.0 Å². The Hall–Kier alpha value is -2.61. The zero-order valence-corrected chi connectivity index (χ0v) is 15.4. The van der Waals surface area contributed by atoms with Crippen LogP contribution in [0.1, 0.15) is 18.5 Å². The minimum atomic E-state index is -0.525. The maximum Gasteiger partial charge on any atom is 0.338 e. The summed E-state index contributed by atoms with van der Waals surface area (Å²) in [4.78, 5) is 16.9. The van der Waals surface area contributed by atoms with Crippen LogP contribution in [0.4, 0.5) is 5.95 Å². The van der Waals surface area contributed by atoms with Crippen molar-refractivity contribution in [1.29, 1.82) is 0 Å². The van der Waals surface area contributed by atoms with Crippen molar-refractivity contribution < 1.29 is 14.3 Å². The molecule has 0 bridgehead atoms. The number of carbonyl (C=O) groups is 1. The average Bonchev–Trinajstić information content (AvgIpc) is 3.06. The van der Waals surface area contributed by atoms with E-state index in [4.69, 9.17) is 9.47 Å². The average molecular weight is 405 g/mol. The predicted molar refractivity (Wildman–Crippen MR) is 96.3 cm³/mol. The van der Waals surface area contributed by atoms with Crippen LogP contribution in [0.2, 0.25) is 0 Å². The van der Waals surface area contributed by atoms with Gasteiger partial charge in [-0.2, -0.15) is 10.1 Å². The molecule has 1 N–H and O–H groups in total. The molecule has 7 nitrogen and oxygen atoms in total. The number of anilines is 1. The molecule has 1 aliphatic heterocycles. The van der Waals surface area contributed by atoms with Crippen LogP contribution in [0.3, 0.4) is 0 Å². The number of esters is 1. The monoisotopic (exact) mass is 404 g/mol. The largest absolute Gasteiger partial charge is 0.496 e. The Kier molecular flexibility index (Phi) is 4.89. The summed E-state index contributed by atoms with van der Waals surface area (Å²) < 4.78 is 13.3. The van der Waals surface area contributed by atoms with E-state index in [1.165, 1.54) is 12.4 Å². The second kappa shape index (κ2) is 7.10. The smallest absolute Gasteiger partial charge is 0.338 e. The number of hydrogen-bond acceptors (Lipinski definition) is 6. The van der Waals surface area contributed by atoms with Crippen molar-refractivity contribution in [3.8, 4) is 5.75 Å². The summed E-state index contributed by atoms with van der Waals surface area (Å²) in [6, 6.07) is 5.08. The van der Waals surface area contributed by atoms with Gasteiger partial charge in [-0.3, -0.25) is 0 Å². The van der Waals surface area contributed by atoms with E-state index in [0.717, 1.165) is 10.0 Å². The Morgan fingerprint density at radius 3 is 3.04 bits per heavy atom. The molecular weight excluding hydrogens is 388 g/mol. The topological polar surface area (TPSA) is 78.3 Å². The van der Waals surface area contributed by atoms with Crippen molar-refractivity contribution in [3.63, 3.8) is 0 Å². The number of hydrogen-bond donors (Lipinski definition) is 1. The lowest BCUT2D eigenvalue weighted by Crippen LogP contribution is -2.30. The first-order chi connectivity index (χ1) is 12.1. The number of benzene rings is 1. The first-order valence-corrected chi connectivity index (χ1v) is 8.34. The molecule has 25 heavy (non-hydrogen) atoms. The first kappa shape index (κ1) is 17.2. The number of allylic oxidation sites excluding steroid dienone is 1. The molecule has 0 aliphatic carbocycles. The number of nitrogens with one attached hydrogen (secondary N) is 1. The highest BCUT2D eigenvalue weighted by atomic mass is 79.9. The van der Waals surface area contributed by atoms with E-state index in [1.807, 2.05) is 18.2 Å². The first-order valence-electron chi connectivity index (χ1n) is 7.55. The molecule has 8 heteroatoms. The summed E-state index contributed by atoms with van der Waals surface area (Å²) in [5.41, 5.74) is 1.87. The van der Waals surface area contributed by atoms with E-state index in [1.54, 1.807) is 18.7 Å². The fraction of sp³-hybridized carbons (Fsp3) is 0.235. The van der Waals surface area contributed by atoms with E-state index in [2.05, 4.69) is 37.9 Å². The third-order valence-electron chi connectivity index (χ3n) is 3.83. The van der Waals surface area contributed by atoms with Gasteiger partial charge in [0.25, 0.3) is 0 Å². The Balaban J connectivity index is 2.18. The summed E-state index contributed by atoms with van der Waals surface area (Å²) in [6.45, 7) is 5.51. The highest BCUT2D eigenvalue weighted by molar-refractivity contribution is 9.10. The molecule has 0 spiro atoms. The zero-order chi connectivity index (χ0) is 18.0. The van der Waals surface area contributed by atoms with Crippen LogP contribution < -0.4 is 10.1 Å². The van der Waals surface area contributed by atoms with Crippen molar-refractivity contribution in [2.45, 2.75) is 13.0 Å². The number of carbonyl (C=O) groups excluding carboxylic acids is 1. The Morgan fingerprint density at radius 1 is 1.52 bits per heavy atom. The minimum Gasteiger partial charge on any atom is -0.496 e. The number of nitrogens with zero attached hydrogens (tertiary/aromatic N) is 3. The molecule has 0 saturated carbocycles. The van der Waals surface area contributed by atoms with Gasteiger partial charge in [0.05, 0.1) is 12.7 Å². The van der Waals surface area contributed by atoms with Crippen LogP contribution in [0.25, 0.3) is 0 Å². The van der Waals surface area contributed by atoms with Crippen molar-refractivity contribution in [3.05, 3.63) is 58.5 Å². The van der Waals surface area contributed by atoms with Gasteiger partial charge < -0.3 is 14.8 Å². The SMILES string of the molecule is C=CCOC(=O)C1=C(C)Nc2ncnn2[C@@H]1c1cc(Br)ccc1OC. The predicted octanol–water partition coefficient (Wildman–Crippen LogP) is 3.07. The molecule has 0 amide bonds. The number of halogens is 1. The van der Waals surface area contributed by atoms with E-state index >= 15 is 0 Å². The van der Waals surface area contributed by atoms with Crippen molar-refractivity contribution in [1.82, 2.24) is 14.8 Å². The van der Waals surface area contributed by atoms with Crippen LogP contribution in [0, 0.1) is 0 Å². The van der Waals surface area contributed by atoms with Crippen molar-refractivity contribution in [2.24, 2.45) is 0 Å². The second-order valence-corrected chi connectivity index (χ2v) is 6.28. The third-order valence-corrected chi connectivity index (χ3v) is 4.33. The molecule has 1 atom stereocenters. The molecule has 130 valence electrons. The molecule has 0 saturated heterocycles. The van der Waals surface area contributed by atoms with Gasteiger partial charge in [0, 0.05) is 15.7 Å². The summed E-state index contributed by atoms with van der Waals surface area (Å²) in [7, 11) is 1.59. The lowest BCUT2D eigenvalue weighted by molar-refractivity contribution is -0.138. The quantitative estimate of drug-likeness (QED) is 0.609. The standard InChI is InChI=1S/C17H17BrN4O3/c1-4-7-25-16(23)14-10(2)21-17-19-9-20-22(17)15(14)12-8-11(18)5-6-13(12)24-3/h4-6,8-9,15H,1,7H2,2-3H3,(H,19,20,21)/t15-/m1/s1. The maximum atomic E-state index is 12.7. The molecule has 3 rings (SSSR count). The Bertz CT molecular complexity index is 859.